The molecule has 3 aromatic heterocycles. The Morgan fingerprint density at radius 2 is 2.10 bits per heavy atom. The number of amides is 2. The quantitative estimate of drug-likeness (QED) is 0.293. The van der Waals surface area contributed by atoms with Gasteiger partial charge in [0.2, 0.25) is 11.8 Å². The highest BCUT2D eigenvalue weighted by Gasteiger charge is 2.14. The van der Waals surface area contributed by atoms with E-state index in [1.165, 1.54) is 23.1 Å². The number of aromatic nitrogens is 5. The van der Waals surface area contributed by atoms with Crippen LogP contribution in [-0.2, 0) is 27.3 Å². The number of primary amides is 1. The topological polar surface area (TPSA) is 138 Å². The molecule has 3 aromatic rings. The third kappa shape index (κ3) is 7.38. The second-order valence-corrected chi connectivity index (χ2v) is 10.0. The lowest BCUT2D eigenvalue weighted by Crippen LogP contribution is -2.29. The fourth-order valence-corrected chi connectivity index (χ4v) is 4.93. The van der Waals surface area contributed by atoms with Crippen LogP contribution < -0.4 is 11.1 Å². The van der Waals surface area contributed by atoms with Crippen molar-refractivity contribution in [2.24, 2.45) is 5.73 Å². The average Bonchev–Trinajstić information content (AvgIpc) is 3.46. The molecule has 3 heterocycles. The molecule has 1 unspecified atom stereocenters. The van der Waals surface area contributed by atoms with Crippen molar-refractivity contribution in [1.29, 1.82) is 0 Å². The van der Waals surface area contributed by atoms with E-state index in [1.807, 2.05) is 23.9 Å². The molecule has 0 aliphatic heterocycles. The predicted molar refractivity (Wildman–Crippen MR) is 120 cm³/mol. The number of nitrogens with two attached hydrogens (primary N) is 1. The molecule has 0 aliphatic carbocycles. The van der Waals surface area contributed by atoms with Crippen LogP contribution in [0.25, 0.3) is 11.4 Å². The molecule has 0 bridgehead atoms. The second kappa shape index (κ2) is 11.3. The first kappa shape index (κ1) is 23.3. The van der Waals surface area contributed by atoms with E-state index in [1.54, 1.807) is 22.9 Å². The molecule has 0 radical (unpaired) electrons. The number of thioether (sulfide) groups is 1. The van der Waals surface area contributed by atoms with Crippen LogP contribution in [0.3, 0.4) is 0 Å². The van der Waals surface area contributed by atoms with Gasteiger partial charge in [0.05, 0.1) is 48.3 Å². The Morgan fingerprint density at radius 1 is 1.26 bits per heavy atom. The summed E-state index contributed by atoms with van der Waals surface area (Å²) in [6.07, 6.45) is 2.02. The van der Waals surface area contributed by atoms with Crippen LogP contribution in [0, 0.1) is 6.92 Å². The Bertz CT molecular complexity index is 1020. The minimum atomic E-state index is -0.390. The van der Waals surface area contributed by atoms with E-state index in [2.05, 4.69) is 25.6 Å². The van der Waals surface area contributed by atoms with Crippen LogP contribution in [0.15, 0.2) is 21.3 Å². The summed E-state index contributed by atoms with van der Waals surface area (Å²) >= 11 is 4.26. The average molecular weight is 482 g/mol. The fraction of sp³-hybridized carbons (Fsp3) is 0.444. The van der Waals surface area contributed by atoms with Crippen LogP contribution in [-0.4, -0.2) is 61.8 Å². The van der Waals surface area contributed by atoms with Crippen LogP contribution >= 0.6 is 34.4 Å². The standard InChI is InChI=1S/C18H23N7O3S3/c1-11(17(19)27)31-18-22-13(9-30-18)7-16(26)20-3-5-28-6-4-25-8-14(23-24-25)15-10-29-12(2)21-15/h8-11H,3-7H2,1-2H3,(H2,19,27)(H,20,26). The van der Waals surface area contributed by atoms with E-state index < -0.39 is 5.91 Å². The van der Waals surface area contributed by atoms with Crippen molar-refractivity contribution in [2.75, 3.05) is 19.8 Å². The number of rotatable bonds is 12. The number of hydrogen-bond acceptors (Lipinski definition) is 10. The summed E-state index contributed by atoms with van der Waals surface area (Å²) in [6.45, 7) is 5.50. The lowest BCUT2D eigenvalue weighted by Gasteiger charge is -2.06. The Hall–Kier alpha value is -2.35. The predicted octanol–water partition coefficient (Wildman–Crippen LogP) is 1.51. The van der Waals surface area contributed by atoms with Crippen LogP contribution in [0.5, 0.6) is 0 Å². The van der Waals surface area contributed by atoms with Gasteiger partial charge in [-0.05, 0) is 13.8 Å². The summed E-state index contributed by atoms with van der Waals surface area (Å²) in [6, 6.07) is 0. The van der Waals surface area contributed by atoms with Crippen molar-refractivity contribution < 1.29 is 14.3 Å². The number of carbonyl (C=O) groups excluding carboxylic acids is 2. The lowest BCUT2D eigenvalue weighted by molar-refractivity contribution is -0.120. The van der Waals surface area contributed by atoms with Gasteiger partial charge in [0.25, 0.3) is 0 Å². The van der Waals surface area contributed by atoms with Crippen molar-refractivity contribution in [2.45, 2.75) is 36.4 Å². The molecule has 3 N–H and O–H groups in total. The number of carbonyl (C=O) groups is 2. The molecule has 3 rings (SSSR count). The largest absolute Gasteiger partial charge is 0.378 e. The highest BCUT2D eigenvalue weighted by Crippen LogP contribution is 2.26. The molecular formula is C18H23N7O3S3. The molecule has 2 amide bonds. The minimum absolute atomic E-state index is 0.132. The maximum absolute atomic E-state index is 12.0. The first-order chi connectivity index (χ1) is 14.9. The Kier molecular flexibility index (Phi) is 8.51. The highest BCUT2D eigenvalue weighted by atomic mass is 32.2. The van der Waals surface area contributed by atoms with Gasteiger partial charge in [-0.2, -0.15) is 0 Å². The van der Waals surface area contributed by atoms with Crippen LogP contribution in [0.1, 0.15) is 17.6 Å². The van der Waals surface area contributed by atoms with Gasteiger partial charge < -0.3 is 15.8 Å². The molecule has 0 spiro atoms. The first-order valence-electron chi connectivity index (χ1n) is 9.48. The summed E-state index contributed by atoms with van der Waals surface area (Å²) in [5, 5.41) is 15.4. The third-order valence-corrected chi connectivity index (χ3v) is 6.92. The molecule has 31 heavy (non-hydrogen) atoms. The number of hydrogen-bond donors (Lipinski definition) is 2. The van der Waals surface area contributed by atoms with Crippen molar-refractivity contribution in [3.05, 3.63) is 27.7 Å². The summed E-state index contributed by atoms with van der Waals surface area (Å²) in [5.41, 5.74) is 7.48. The van der Waals surface area contributed by atoms with E-state index >= 15 is 0 Å². The molecule has 0 aromatic carbocycles. The van der Waals surface area contributed by atoms with Crippen LogP contribution in [0.4, 0.5) is 0 Å². The number of aryl methyl sites for hydroxylation is 1. The second-order valence-electron chi connectivity index (χ2n) is 6.52. The zero-order chi connectivity index (χ0) is 22.2. The van der Waals surface area contributed by atoms with E-state index in [4.69, 9.17) is 10.5 Å². The SMILES string of the molecule is Cc1nc(-c2cn(CCOCCNC(=O)Cc3csc(SC(C)C(N)=O)n3)nn2)cs1. The lowest BCUT2D eigenvalue weighted by atomic mass is 10.3. The van der Waals surface area contributed by atoms with E-state index in [0.29, 0.717) is 32.0 Å². The summed E-state index contributed by atoms with van der Waals surface area (Å²) in [7, 11) is 0. The zero-order valence-electron chi connectivity index (χ0n) is 17.1. The van der Waals surface area contributed by atoms with Gasteiger partial charge in [0.1, 0.15) is 11.4 Å². The maximum Gasteiger partial charge on any atom is 0.230 e. The van der Waals surface area contributed by atoms with Crippen molar-refractivity contribution >= 4 is 46.2 Å². The minimum Gasteiger partial charge on any atom is -0.378 e. The normalized spacial score (nSPS) is 12.1. The molecule has 1 atom stereocenters. The molecule has 166 valence electrons. The highest BCUT2D eigenvalue weighted by molar-refractivity contribution is 8.02. The van der Waals surface area contributed by atoms with E-state index in [9.17, 15) is 9.59 Å². The van der Waals surface area contributed by atoms with Gasteiger partial charge in [-0.1, -0.05) is 17.0 Å². The van der Waals surface area contributed by atoms with Crippen molar-refractivity contribution in [1.82, 2.24) is 30.3 Å². The molecule has 0 aliphatic rings. The smallest absolute Gasteiger partial charge is 0.230 e. The molecule has 0 saturated carbocycles. The monoisotopic (exact) mass is 481 g/mol. The van der Waals surface area contributed by atoms with E-state index in [-0.39, 0.29) is 17.6 Å². The zero-order valence-corrected chi connectivity index (χ0v) is 19.6. The number of thiazole rings is 2. The van der Waals surface area contributed by atoms with Gasteiger partial charge in [-0.15, -0.1) is 27.8 Å². The molecule has 10 nitrogen and oxygen atoms in total. The van der Waals surface area contributed by atoms with E-state index in [0.717, 1.165) is 20.7 Å². The number of nitrogens with one attached hydrogen (secondary N) is 1. The number of ether oxygens (including phenoxy) is 1. The van der Waals surface area contributed by atoms with Gasteiger partial charge in [-0.25, -0.2) is 14.6 Å². The number of nitrogens with zero attached hydrogens (tertiary/aromatic N) is 5. The fourth-order valence-electron chi connectivity index (χ4n) is 2.39. The summed E-state index contributed by atoms with van der Waals surface area (Å²) in [4.78, 5) is 31.9. The molecular weight excluding hydrogens is 458 g/mol. The Balaban J connectivity index is 1.29. The van der Waals surface area contributed by atoms with Crippen molar-refractivity contribution in [3.8, 4) is 11.4 Å². The van der Waals surface area contributed by atoms with Gasteiger partial charge >= 0.3 is 0 Å². The molecule has 13 heteroatoms. The summed E-state index contributed by atoms with van der Waals surface area (Å²) in [5.74, 6) is -0.522. The molecule has 0 fully saturated rings. The molecule has 0 saturated heterocycles. The first-order valence-corrected chi connectivity index (χ1v) is 12.1. The van der Waals surface area contributed by atoms with Crippen LogP contribution in [0.2, 0.25) is 0 Å². The van der Waals surface area contributed by atoms with Crippen molar-refractivity contribution in [3.63, 3.8) is 0 Å². The van der Waals surface area contributed by atoms with Gasteiger partial charge in [0.15, 0.2) is 4.34 Å². The third-order valence-electron chi connectivity index (χ3n) is 4.00. The Morgan fingerprint density at radius 3 is 2.84 bits per heavy atom. The Labute approximate surface area is 191 Å². The van der Waals surface area contributed by atoms with Gasteiger partial charge in [0, 0.05) is 17.3 Å². The summed E-state index contributed by atoms with van der Waals surface area (Å²) < 4.78 is 7.98. The van der Waals surface area contributed by atoms with Gasteiger partial charge in [-0.3, -0.25) is 9.59 Å². The maximum atomic E-state index is 12.0.